The Kier molecular flexibility index (Phi) is 3.51. The topological polar surface area (TPSA) is 15.3 Å². The largest absolute Gasteiger partial charge is 0.367 e. The Morgan fingerprint density at radius 1 is 1.05 bits per heavy atom. The number of para-hydroxylation sites is 1. The Morgan fingerprint density at radius 2 is 1.79 bits per heavy atom. The molecule has 1 atom stereocenters. The molecule has 0 spiro atoms. The van der Waals surface area contributed by atoms with Gasteiger partial charge in [0.15, 0.2) is 0 Å². The Morgan fingerprint density at radius 3 is 2.58 bits per heavy atom. The predicted octanol–water partition coefficient (Wildman–Crippen LogP) is 3.36. The van der Waals surface area contributed by atoms with Gasteiger partial charge < -0.3 is 10.2 Å². The first-order valence-corrected chi connectivity index (χ1v) is 6.93. The van der Waals surface area contributed by atoms with Crippen LogP contribution in [0.15, 0.2) is 54.6 Å². The average molecular weight is 252 g/mol. The molecule has 1 unspecified atom stereocenters. The van der Waals surface area contributed by atoms with Gasteiger partial charge in [-0.2, -0.15) is 0 Å². The highest BCUT2D eigenvalue weighted by Crippen LogP contribution is 2.34. The lowest BCUT2D eigenvalue weighted by atomic mass is 9.96. The van der Waals surface area contributed by atoms with Crippen molar-refractivity contribution < 1.29 is 0 Å². The van der Waals surface area contributed by atoms with E-state index in [0.29, 0.717) is 6.04 Å². The number of hydrogen-bond acceptors (Lipinski definition) is 2. The molecule has 0 aromatic heterocycles. The van der Waals surface area contributed by atoms with Crippen molar-refractivity contribution in [2.45, 2.75) is 19.0 Å². The van der Waals surface area contributed by atoms with Gasteiger partial charge in [0, 0.05) is 24.8 Å². The number of anilines is 1. The first-order valence-electron chi connectivity index (χ1n) is 6.93. The fourth-order valence-electron chi connectivity index (χ4n) is 2.90. The molecule has 3 rings (SSSR count). The van der Waals surface area contributed by atoms with Crippen LogP contribution in [0.2, 0.25) is 0 Å². The van der Waals surface area contributed by atoms with Crippen LogP contribution in [0.1, 0.15) is 23.6 Å². The lowest BCUT2D eigenvalue weighted by Gasteiger charge is -2.35. The van der Waals surface area contributed by atoms with E-state index in [2.05, 4.69) is 64.8 Å². The molecule has 2 heteroatoms. The third kappa shape index (κ3) is 2.49. The average Bonchev–Trinajstić information content (AvgIpc) is 2.49. The second kappa shape index (κ2) is 5.45. The molecule has 0 aliphatic carbocycles. The van der Waals surface area contributed by atoms with Crippen molar-refractivity contribution in [1.29, 1.82) is 0 Å². The van der Waals surface area contributed by atoms with Crippen molar-refractivity contribution in [3.63, 3.8) is 0 Å². The maximum atomic E-state index is 3.42. The maximum Gasteiger partial charge on any atom is 0.0429 e. The highest BCUT2D eigenvalue weighted by Gasteiger charge is 2.23. The second-order valence-electron chi connectivity index (χ2n) is 5.10. The van der Waals surface area contributed by atoms with Crippen LogP contribution in [-0.4, -0.2) is 13.6 Å². The van der Waals surface area contributed by atoms with E-state index >= 15 is 0 Å². The third-order valence-corrected chi connectivity index (χ3v) is 3.91. The van der Waals surface area contributed by atoms with E-state index in [9.17, 15) is 0 Å². The number of fused-ring (bicyclic) bond motifs is 1. The zero-order chi connectivity index (χ0) is 13.1. The molecule has 1 aliphatic heterocycles. The molecular weight excluding hydrogens is 232 g/mol. The first-order chi connectivity index (χ1) is 9.38. The minimum atomic E-state index is 0.489. The van der Waals surface area contributed by atoms with Gasteiger partial charge in [-0.3, -0.25) is 0 Å². The summed E-state index contributed by atoms with van der Waals surface area (Å²) in [5.41, 5.74) is 4.17. The van der Waals surface area contributed by atoms with Gasteiger partial charge >= 0.3 is 0 Å². The summed E-state index contributed by atoms with van der Waals surface area (Å²) in [7, 11) is 2.05. The number of nitrogens with zero attached hydrogens (tertiary/aromatic N) is 1. The molecule has 1 heterocycles. The maximum absolute atomic E-state index is 3.42. The summed E-state index contributed by atoms with van der Waals surface area (Å²) in [4.78, 5) is 2.48. The van der Waals surface area contributed by atoms with Gasteiger partial charge in [-0.15, -0.1) is 0 Å². The van der Waals surface area contributed by atoms with Crippen LogP contribution in [-0.2, 0) is 6.54 Å². The first kappa shape index (κ1) is 12.2. The van der Waals surface area contributed by atoms with E-state index in [0.717, 1.165) is 13.1 Å². The minimum absolute atomic E-state index is 0.489. The second-order valence-corrected chi connectivity index (χ2v) is 5.10. The number of nitrogens with one attached hydrogen (secondary N) is 1. The lowest BCUT2D eigenvalue weighted by Crippen LogP contribution is -2.34. The van der Waals surface area contributed by atoms with Gasteiger partial charge in [0.05, 0.1) is 0 Å². The SMILES string of the molecule is CNC1CCN(Cc2ccccc2)c2ccccc21. The summed E-state index contributed by atoms with van der Waals surface area (Å²) in [6.45, 7) is 2.10. The quantitative estimate of drug-likeness (QED) is 0.901. The van der Waals surface area contributed by atoms with Crippen molar-refractivity contribution in [3.05, 3.63) is 65.7 Å². The molecule has 1 aliphatic rings. The Hall–Kier alpha value is -1.80. The lowest BCUT2D eigenvalue weighted by molar-refractivity contribution is 0.516. The summed E-state index contributed by atoms with van der Waals surface area (Å²) in [6, 6.07) is 19.9. The minimum Gasteiger partial charge on any atom is -0.367 e. The molecule has 19 heavy (non-hydrogen) atoms. The van der Waals surface area contributed by atoms with Crippen LogP contribution in [0.3, 0.4) is 0 Å². The van der Waals surface area contributed by atoms with Crippen LogP contribution in [0.5, 0.6) is 0 Å². The van der Waals surface area contributed by atoms with Gasteiger partial charge in [-0.05, 0) is 30.7 Å². The summed E-state index contributed by atoms with van der Waals surface area (Å²) in [5.74, 6) is 0. The normalized spacial score (nSPS) is 18.2. The number of benzene rings is 2. The van der Waals surface area contributed by atoms with Crippen molar-refractivity contribution in [2.75, 3.05) is 18.5 Å². The van der Waals surface area contributed by atoms with Crippen molar-refractivity contribution >= 4 is 5.69 Å². The van der Waals surface area contributed by atoms with Crippen LogP contribution < -0.4 is 10.2 Å². The summed E-state index contributed by atoms with van der Waals surface area (Å²) < 4.78 is 0. The molecule has 0 amide bonds. The molecule has 2 nitrogen and oxygen atoms in total. The molecule has 0 bridgehead atoms. The van der Waals surface area contributed by atoms with Crippen molar-refractivity contribution in [1.82, 2.24) is 5.32 Å². The Balaban J connectivity index is 1.88. The van der Waals surface area contributed by atoms with Gasteiger partial charge in [0.25, 0.3) is 0 Å². The van der Waals surface area contributed by atoms with E-state index in [1.54, 1.807) is 0 Å². The van der Waals surface area contributed by atoms with Crippen molar-refractivity contribution in [2.24, 2.45) is 0 Å². The standard InChI is InChI=1S/C17H20N2/c1-18-16-11-12-19(13-14-7-3-2-4-8-14)17-10-6-5-9-15(16)17/h2-10,16,18H,11-13H2,1H3. The van der Waals surface area contributed by atoms with Gasteiger partial charge in [0.1, 0.15) is 0 Å². The fourth-order valence-corrected chi connectivity index (χ4v) is 2.90. The van der Waals surface area contributed by atoms with E-state index in [1.165, 1.54) is 23.2 Å². The van der Waals surface area contributed by atoms with E-state index < -0.39 is 0 Å². The Bertz CT molecular complexity index is 536. The fraction of sp³-hybridized carbons (Fsp3) is 0.294. The van der Waals surface area contributed by atoms with E-state index in [1.807, 2.05) is 7.05 Å². The highest BCUT2D eigenvalue weighted by atomic mass is 15.1. The molecule has 0 saturated heterocycles. The molecule has 2 aromatic carbocycles. The summed E-state index contributed by atoms with van der Waals surface area (Å²) >= 11 is 0. The molecule has 1 N–H and O–H groups in total. The Labute approximate surface area is 115 Å². The number of hydrogen-bond donors (Lipinski definition) is 1. The molecule has 0 saturated carbocycles. The summed E-state index contributed by atoms with van der Waals surface area (Å²) in [6.07, 6.45) is 1.17. The van der Waals surface area contributed by atoms with E-state index in [4.69, 9.17) is 0 Å². The zero-order valence-corrected chi connectivity index (χ0v) is 11.3. The summed E-state index contributed by atoms with van der Waals surface area (Å²) in [5, 5.41) is 3.42. The molecule has 98 valence electrons. The smallest absolute Gasteiger partial charge is 0.0429 e. The third-order valence-electron chi connectivity index (χ3n) is 3.91. The molecule has 2 aromatic rings. The van der Waals surface area contributed by atoms with Gasteiger partial charge in [-0.25, -0.2) is 0 Å². The molecule has 0 fully saturated rings. The van der Waals surface area contributed by atoms with Crippen molar-refractivity contribution in [3.8, 4) is 0 Å². The number of rotatable bonds is 3. The van der Waals surface area contributed by atoms with Crippen LogP contribution in [0.4, 0.5) is 5.69 Å². The van der Waals surface area contributed by atoms with Gasteiger partial charge in [0.2, 0.25) is 0 Å². The van der Waals surface area contributed by atoms with Crippen LogP contribution in [0.25, 0.3) is 0 Å². The zero-order valence-electron chi connectivity index (χ0n) is 11.3. The highest BCUT2D eigenvalue weighted by molar-refractivity contribution is 5.57. The van der Waals surface area contributed by atoms with Crippen LogP contribution in [0, 0.1) is 0 Å². The monoisotopic (exact) mass is 252 g/mol. The predicted molar refractivity (Wildman–Crippen MR) is 80.4 cm³/mol. The molecular formula is C17H20N2. The van der Waals surface area contributed by atoms with Gasteiger partial charge in [-0.1, -0.05) is 48.5 Å². The molecule has 0 radical (unpaired) electrons. The van der Waals surface area contributed by atoms with E-state index in [-0.39, 0.29) is 0 Å². The van der Waals surface area contributed by atoms with Crippen LogP contribution >= 0.6 is 0 Å².